The van der Waals surface area contributed by atoms with E-state index in [-0.39, 0.29) is 83.0 Å². The molecule has 0 bridgehead atoms. The van der Waals surface area contributed by atoms with Crippen molar-refractivity contribution in [3.63, 3.8) is 0 Å². The summed E-state index contributed by atoms with van der Waals surface area (Å²) in [4.78, 5) is 0. The standard InChI is InChI=1S/C6H16OSi2.2Y/c1-8(2)5-7-6-9(3)4;;/h5-6H2,1-4H3;;. The van der Waals surface area contributed by atoms with Crippen molar-refractivity contribution in [1.82, 2.24) is 0 Å². The minimum atomic E-state index is -0.136. The smallest absolute Gasteiger partial charge is 0.0741 e. The molecule has 0 aromatic heterocycles. The third-order valence-electron chi connectivity index (χ3n) is 0.781. The van der Waals surface area contributed by atoms with Crippen LogP contribution in [0.3, 0.4) is 0 Å². The van der Waals surface area contributed by atoms with Gasteiger partial charge in [-0.05, 0) is 0 Å². The Bertz CT molecular complexity index is 63.6. The number of rotatable bonds is 4. The Balaban J connectivity index is -0.000000320. The predicted octanol–water partition coefficient (Wildman–Crippen LogP) is 1.59. The molecule has 0 N–H and O–H groups in total. The first-order valence-electron chi connectivity index (χ1n) is 3.28. The molecule has 0 aliphatic carbocycles. The van der Waals surface area contributed by atoms with Crippen molar-refractivity contribution in [2.24, 2.45) is 0 Å². The van der Waals surface area contributed by atoms with Gasteiger partial charge in [-0.25, -0.2) is 0 Å². The number of hydrogen-bond donors (Lipinski definition) is 0. The molecule has 0 fully saturated rings. The van der Waals surface area contributed by atoms with Gasteiger partial charge >= 0.3 is 0 Å². The molecule has 0 spiro atoms. The van der Waals surface area contributed by atoms with Gasteiger partial charge < -0.3 is 4.74 Å². The predicted molar refractivity (Wildman–Crippen MR) is 45.8 cm³/mol. The fourth-order valence-corrected chi connectivity index (χ4v) is 1.68. The zero-order chi connectivity index (χ0) is 7.28. The molecule has 0 aliphatic heterocycles. The van der Waals surface area contributed by atoms with Crippen LogP contribution >= 0.6 is 0 Å². The average molecular weight is 338 g/mol. The maximum Gasteiger partial charge on any atom is 0.0741 e. The maximum atomic E-state index is 5.45. The van der Waals surface area contributed by atoms with Gasteiger partial charge in [-0.3, -0.25) is 0 Å². The minimum Gasteiger partial charge on any atom is -0.389 e. The monoisotopic (exact) mass is 338 g/mol. The molecule has 11 heavy (non-hydrogen) atoms. The van der Waals surface area contributed by atoms with E-state index >= 15 is 0 Å². The van der Waals surface area contributed by atoms with E-state index in [0.717, 1.165) is 12.5 Å². The molecule has 0 amide bonds. The summed E-state index contributed by atoms with van der Waals surface area (Å²) in [6.45, 7) is 9.12. The normalized spacial score (nSPS) is 9.27. The third-order valence-corrected chi connectivity index (χ3v) is 2.34. The summed E-state index contributed by atoms with van der Waals surface area (Å²) in [6, 6.07) is 0. The summed E-state index contributed by atoms with van der Waals surface area (Å²) in [5.74, 6) is 0. The van der Waals surface area contributed by atoms with Gasteiger partial charge in [0.05, 0.1) is 17.6 Å². The van der Waals surface area contributed by atoms with Crippen molar-refractivity contribution in [3.8, 4) is 0 Å². The summed E-state index contributed by atoms with van der Waals surface area (Å²) in [7, 11) is -0.272. The van der Waals surface area contributed by atoms with Crippen molar-refractivity contribution < 1.29 is 70.2 Å². The summed E-state index contributed by atoms with van der Waals surface area (Å²) < 4.78 is 5.45. The van der Waals surface area contributed by atoms with Crippen molar-refractivity contribution in [2.45, 2.75) is 26.2 Å². The largest absolute Gasteiger partial charge is 0.389 e. The van der Waals surface area contributed by atoms with E-state index in [2.05, 4.69) is 26.2 Å². The Morgan fingerprint density at radius 1 is 0.818 bits per heavy atom. The van der Waals surface area contributed by atoms with Crippen LogP contribution in [0.25, 0.3) is 0 Å². The van der Waals surface area contributed by atoms with Crippen LogP contribution in [-0.4, -0.2) is 30.1 Å². The summed E-state index contributed by atoms with van der Waals surface area (Å²) in [5, 5.41) is 0. The number of ether oxygens (including phenoxy) is 1. The minimum absolute atomic E-state index is 0. The van der Waals surface area contributed by atoms with E-state index in [4.69, 9.17) is 4.74 Å². The van der Waals surface area contributed by atoms with Crippen LogP contribution in [0.2, 0.25) is 26.2 Å². The first-order valence-corrected chi connectivity index (χ1v) is 8.70. The molecule has 5 heteroatoms. The topological polar surface area (TPSA) is 9.23 Å². The van der Waals surface area contributed by atoms with Gasteiger partial charge in [-0.15, -0.1) is 0 Å². The van der Waals surface area contributed by atoms with E-state index < -0.39 is 0 Å². The van der Waals surface area contributed by atoms with E-state index in [1.165, 1.54) is 0 Å². The summed E-state index contributed by atoms with van der Waals surface area (Å²) in [5.41, 5.74) is 0. The molecule has 0 saturated carbocycles. The molecule has 60 valence electrons. The zero-order valence-corrected chi connectivity index (χ0v) is 15.7. The van der Waals surface area contributed by atoms with Crippen LogP contribution in [0.15, 0.2) is 0 Å². The van der Waals surface area contributed by atoms with Crippen molar-refractivity contribution >= 4 is 17.6 Å². The second kappa shape index (κ2) is 12.6. The van der Waals surface area contributed by atoms with Gasteiger partial charge in [0.25, 0.3) is 0 Å². The van der Waals surface area contributed by atoms with Crippen molar-refractivity contribution in [1.29, 1.82) is 0 Å². The molecule has 4 radical (unpaired) electrons. The first-order chi connectivity index (χ1) is 4.13. The Hall–Kier alpha value is 2.60. The summed E-state index contributed by atoms with van der Waals surface area (Å²) in [6.07, 6.45) is 2.06. The molecule has 0 heterocycles. The molecule has 0 atom stereocenters. The molecule has 0 aliphatic rings. The molecule has 0 aromatic rings. The van der Waals surface area contributed by atoms with Crippen LogP contribution in [-0.2, 0) is 70.2 Å². The zero-order valence-electron chi connectivity index (χ0n) is 7.98. The molecular formula is C6H16OSi2Y2. The quantitative estimate of drug-likeness (QED) is 0.708. The van der Waals surface area contributed by atoms with E-state index in [0.29, 0.717) is 0 Å². The Morgan fingerprint density at radius 3 is 1.27 bits per heavy atom. The Morgan fingerprint density at radius 2 is 1.09 bits per heavy atom. The molecule has 0 saturated heterocycles. The van der Waals surface area contributed by atoms with Crippen LogP contribution in [0, 0.1) is 0 Å². The molecule has 0 aromatic carbocycles. The Labute approximate surface area is 124 Å². The second-order valence-corrected chi connectivity index (χ2v) is 8.31. The van der Waals surface area contributed by atoms with E-state index in [1.54, 1.807) is 0 Å². The van der Waals surface area contributed by atoms with Crippen molar-refractivity contribution in [2.75, 3.05) is 12.5 Å². The van der Waals surface area contributed by atoms with Gasteiger partial charge in [-0.1, -0.05) is 26.2 Å². The average Bonchev–Trinajstić information content (AvgIpc) is 1.63. The SMILES string of the molecule is C[Si](C)COC[Si](C)C.[Y].[Y]. The molecule has 0 unspecified atom stereocenters. The van der Waals surface area contributed by atoms with E-state index in [9.17, 15) is 0 Å². The third kappa shape index (κ3) is 19.1. The molecular weight excluding hydrogens is 322 g/mol. The van der Waals surface area contributed by atoms with Gasteiger partial charge in [-0.2, -0.15) is 0 Å². The Kier molecular flexibility index (Phi) is 22.0. The van der Waals surface area contributed by atoms with Crippen LogP contribution < -0.4 is 0 Å². The van der Waals surface area contributed by atoms with Gasteiger partial charge in [0.1, 0.15) is 0 Å². The fraction of sp³-hybridized carbons (Fsp3) is 1.00. The van der Waals surface area contributed by atoms with Gasteiger partial charge in [0, 0.05) is 77.9 Å². The first kappa shape index (κ1) is 19.2. The molecule has 0 rings (SSSR count). The van der Waals surface area contributed by atoms with E-state index in [1.807, 2.05) is 0 Å². The summed E-state index contributed by atoms with van der Waals surface area (Å²) >= 11 is 0. The van der Waals surface area contributed by atoms with Crippen molar-refractivity contribution in [3.05, 3.63) is 0 Å². The van der Waals surface area contributed by atoms with Crippen LogP contribution in [0.4, 0.5) is 0 Å². The van der Waals surface area contributed by atoms with Gasteiger partial charge in [0.2, 0.25) is 0 Å². The fourth-order valence-electron chi connectivity index (χ4n) is 0.459. The second-order valence-electron chi connectivity index (χ2n) is 2.91. The maximum absolute atomic E-state index is 5.45. The molecule has 1 nitrogen and oxygen atoms in total. The van der Waals surface area contributed by atoms with Crippen LogP contribution in [0.5, 0.6) is 0 Å². The number of hydrogen-bond acceptors (Lipinski definition) is 1. The van der Waals surface area contributed by atoms with Gasteiger partial charge in [0.15, 0.2) is 0 Å². The van der Waals surface area contributed by atoms with Crippen LogP contribution in [0.1, 0.15) is 0 Å².